The van der Waals surface area contributed by atoms with Gasteiger partial charge >= 0.3 is 0 Å². The number of benzene rings is 3. The van der Waals surface area contributed by atoms with Gasteiger partial charge in [-0.15, -0.1) is 0 Å². The maximum absolute atomic E-state index is 14.0. The summed E-state index contributed by atoms with van der Waals surface area (Å²) in [6.45, 7) is 5.93. The van der Waals surface area contributed by atoms with Gasteiger partial charge in [-0.3, -0.25) is 13.9 Å². The van der Waals surface area contributed by atoms with Gasteiger partial charge in [0.1, 0.15) is 12.6 Å². The summed E-state index contributed by atoms with van der Waals surface area (Å²) >= 11 is 6.22. The summed E-state index contributed by atoms with van der Waals surface area (Å²) in [7, 11) is -3.81. The van der Waals surface area contributed by atoms with Crippen molar-refractivity contribution in [3.8, 4) is 0 Å². The van der Waals surface area contributed by atoms with Crippen LogP contribution in [0.25, 0.3) is 0 Å². The molecule has 39 heavy (non-hydrogen) atoms. The standard InChI is InChI=1S/C30H36ClN3O4S/c1-5-32-30(36)28(19-23-10-7-6-8-11-23)33(20-24-12-9-13-26(31)18-24)29(35)21-34(39(4,37)38)27-16-14-25(15-17-27)22(2)3/h6-18,22,28H,5,19-21H2,1-4H3,(H,32,36)/t28-/m1/s1. The third-order valence-electron chi connectivity index (χ3n) is 6.39. The molecule has 0 heterocycles. The number of carbonyl (C=O) groups excluding carboxylic acids is 2. The smallest absolute Gasteiger partial charge is 0.244 e. The van der Waals surface area contributed by atoms with E-state index in [0.717, 1.165) is 27.3 Å². The molecule has 3 rings (SSSR count). The lowest BCUT2D eigenvalue weighted by Gasteiger charge is -2.33. The third kappa shape index (κ3) is 8.57. The summed E-state index contributed by atoms with van der Waals surface area (Å²) < 4.78 is 26.8. The first-order valence-electron chi connectivity index (χ1n) is 12.9. The van der Waals surface area contributed by atoms with E-state index in [1.165, 1.54) is 4.90 Å². The zero-order valence-corrected chi connectivity index (χ0v) is 24.4. The topological polar surface area (TPSA) is 86.8 Å². The van der Waals surface area contributed by atoms with E-state index in [4.69, 9.17) is 11.6 Å². The van der Waals surface area contributed by atoms with Crippen molar-refractivity contribution in [3.05, 3.63) is 101 Å². The molecule has 9 heteroatoms. The Morgan fingerprint density at radius 2 is 1.56 bits per heavy atom. The maximum Gasteiger partial charge on any atom is 0.244 e. The number of anilines is 1. The van der Waals surface area contributed by atoms with Crippen LogP contribution in [0.5, 0.6) is 0 Å². The number of amides is 2. The molecule has 208 valence electrons. The summed E-state index contributed by atoms with van der Waals surface area (Å²) in [5.41, 5.74) is 3.04. The van der Waals surface area contributed by atoms with E-state index in [9.17, 15) is 18.0 Å². The SMILES string of the molecule is CCNC(=O)[C@@H](Cc1ccccc1)N(Cc1cccc(Cl)c1)C(=O)CN(c1ccc(C(C)C)cc1)S(C)(=O)=O. The van der Waals surface area contributed by atoms with Crippen molar-refractivity contribution in [1.82, 2.24) is 10.2 Å². The molecule has 0 aromatic heterocycles. The van der Waals surface area contributed by atoms with Crippen molar-refractivity contribution in [1.29, 1.82) is 0 Å². The summed E-state index contributed by atoms with van der Waals surface area (Å²) in [5, 5.41) is 3.34. The van der Waals surface area contributed by atoms with E-state index in [1.807, 2.05) is 55.5 Å². The fourth-order valence-electron chi connectivity index (χ4n) is 4.32. The van der Waals surface area contributed by atoms with Crippen LogP contribution in [-0.2, 0) is 32.6 Å². The van der Waals surface area contributed by atoms with Gasteiger partial charge in [-0.05, 0) is 53.8 Å². The van der Waals surface area contributed by atoms with E-state index in [2.05, 4.69) is 19.2 Å². The minimum atomic E-state index is -3.81. The molecule has 0 fully saturated rings. The van der Waals surface area contributed by atoms with E-state index in [-0.39, 0.29) is 24.8 Å². The molecule has 0 saturated heterocycles. The highest BCUT2D eigenvalue weighted by atomic mass is 35.5. The highest BCUT2D eigenvalue weighted by Crippen LogP contribution is 2.23. The van der Waals surface area contributed by atoms with Gasteiger partial charge in [-0.2, -0.15) is 0 Å². The van der Waals surface area contributed by atoms with Crippen molar-refractivity contribution in [2.75, 3.05) is 23.7 Å². The van der Waals surface area contributed by atoms with Crippen LogP contribution < -0.4 is 9.62 Å². The molecule has 0 radical (unpaired) electrons. The first-order valence-corrected chi connectivity index (χ1v) is 15.2. The largest absolute Gasteiger partial charge is 0.355 e. The monoisotopic (exact) mass is 569 g/mol. The molecular formula is C30H36ClN3O4S. The second-order valence-corrected chi connectivity index (χ2v) is 12.1. The fourth-order valence-corrected chi connectivity index (χ4v) is 5.38. The average molecular weight is 570 g/mol. The molecule has 0 unspecified atom stereocenters. The molecule has 0 aliphatic rings. The predicted molar refractivity (Wildman–Crippen MR) is 157 cm³/mol. The maximum atomic E-state index is 14.0. The number of rotatable bonds is 12. The Bertz CT molecular complexity index is 1360. The Balaban J connectivity index is 2.03. The van der Waals surface area contributed by atoms with Crippen LogP contribution in [0.1, 0.15) is 43.4 Å². The van der Waals surface area contributed by atoms with Crippen LogP contribution in [0, 0.1) is 0 Å². The number of sulfonamides is 1. The predicted octanol–water partition coefficient (Wildman–Crippen LogP) is 5.01. The Kier molecular flexibility index (Phi) is 10.5. The average Bonchev–Trinajstić information content (AvgIpc) is 2.89. The normalized spacial score (nSPS) is 12.2. The summed E-state index contributed by atoms with van der Waals surface area (Å²) in [5.74, 6) is -0.541. The molecule has 0 saturated carbocycles. The molecule has 0 bridgehead atoms. The lowest BCUT2D eigenvalue weighted by Crippen LogP contribution is -2.53. The second kappa shape index (κ2) is 13.6. The number of nitrogens with one attached hydrogen (secondary N) is 1. The van der Waals surface area contributed by atoms with Crippen LogP contribution in [0.2, 0.25) is 5.02 Å². The van der Waals surface area contributed by atoms with E-state index in [1.54, 1.807) is 30.3 Å². The molecule has 0 aliphatic heterocycles. The van der Waals surface area contributed by atoms with Crippen molar-refractivity contribution in [2.45, 2.75) is 45.7 Å². The third-order valence-corrected chi connectivity index (χ3v) is 7.77. The number of hydrogen-bond donors (Lipinski definition) is 1. The lowest BCUT2D eigenvalue weighted by atomic mass is 10.0. The zero-order chi connectivity index (χ0) is 28.6. The fraction of sp³-hybridized carbons (Fsp3) is 0.333. The van der Waals surface area contributed by atoms with Crippen LogP contribution in [0.4, 0.5) is 5.69 Å². The first kappa shape index (κ1) is 30.2. The lowest BCUT2D eigenvalue weighted by molar-refractivity contribution is -0.140. The first-order chi connectivity index (χ1) is 18.5. The number of likely N-dealkylation sites (N-methyl/N-ethyl adjacent to an activating group) is 1. The van der Waals surface area contributed by atoms with E-state index in [0.29, 0.717) is 17.3 Å². The molecule has 7 nitrogen and oxygen atoms in total. The molecule has 3 aromatic carbocycles. The number of halogens is 1. The molecule has 1 N–H and O–H groups in total. The molecule has 0 aliphatic carbocycles. The van der Waals surface area contributed by atoms with Crippen molar-refractivity contribution < 1.29 is 18.0 Å². The van der Waals surface area contributed by atoms with Gasteiger partial charge < -0.3 is 10.2 Å². The van der Waals surface area contributed by atoms with Gasteiger partial charge in [0.2, 0.25) is 21.8 Å². The van der Waals surface area contributed by atoms with Gasteiger partial charge in [-0.25, -0.2) is 8.42 Å². The molecular weight excluding hydrogens is 534 g/mol. The van der Waals surface area contributed by atoms with Crippen LogP contribution in [0.3, 0.4) is 0 Å². The van der Waals surface area contributed by atoms with Crippen LogP contribution in [0.15, 0.2) is 78.9 Å². The van der Waals surface area contributed by atoms with Crippen molar-refractivity contribution in [3.63, 3.8) is 0 Å². The highest BCUT2D eigenvalue weighted by molar-refractivity contribution is 7.92. The van der Waals surface area contributed by atoms with Gasteiger partial charge in [0.05, 0.1) is 11.9 Å². The summed E-state index contributed by atoms with van der Waals surface area (Å²) in [4.78, 5) is 28.8. The molecule has 2 amide bonds. The van der Waals surface area contributed by atoms with Gasteiger partial charge in [0.25, 0.3) is 0 Å². The molecule has 1 atom stereocenters. The molecule has 0 spiro atoms. The quantitative estimate of drug-likeness (QED) is 0.332. The van der Waals surface area contributed by atoms with Gasteiger partial charge in [0, 0.05) is 24.5 Å². The Hall–Kier alpha value is -3.36. The highest BCUT2D eigenvalue weighted by Gasteiger charge is 2.32. The number of nitrogens with zero attached hydrogens (tertiary/aromatic N) is 2. The van der Waals surface area contributed by atoms with E-state index < -0.39 is 28.5 Å². The van der Waals surface area contributed by atoms with Crippen molar-refractivity contribution >= 4 is 39.1 Å². The summed E-state index contributed by atoms with van der Waals surface area (Å²) in [6, 6.07) is 22.7. The van der Waals surface area contributed by atoms with Crippen LogP contribution in [-0.4, -0.2) is 50.5 Å². The Morgan fingerprint density at radius 3 is 2.13 bits per heavy atom. The number of carbonyl (C=O) groups is 2. The Labute approximate surface area is 236 Å². The van der Waals surface area contributed by atoms with Gasteiger partial charge in [0.15, 0.2) is 0 Å². The number of hydrogen-bond acceptors (Lipinski definition) is 4. The Morgan fingerprint density at radius 1 is 0.923 bits per heavy atom. The van der Waals surface area contributed by atoms with Crippen LogP contribution >= 0.6 is 11.6 Å². The molecule has 3 aromatic rings. The van der Waals surface area contributed by atoms with Gasteiger partial charge in [-0.1, -0.05) is 80.0 Å². The minimum Gasteiger partial charge on any atom is -0.355 e. The van der Waals surface area contributed by atoms with Crippen molar-refractivity contribution in [2.24, 2.45) is 0 Å². The van der Waals surface area contributed by atoms with E-state index >= 15 is 0 Å². The summed E-state index contributed by atoms with van der Waals surface area (Å²) in [6.07, 6.45) is 1.34. The minimum absolute atomic E-state index is 0.0813. The second-order valence-electron chi connectivity index (χ2n) is 9.77. The zero-order valence-electron chi connectivity index (χ0n) is 22.8.